The minimum Gasteiger partial charge on any atom is -0.368 e. The minimum atomic E-state index is -0.0755. The summed E-state index contributed by atoms with van der Waals surface area (Å²) in [6.45, 7) is 8.37. The lowest BCUT2D eigenvalue weighted by atomic mass is 10.2. The van der Waals surface area contributed by atoms with Gasteiger partial charge in [0.2, 0.25) is 0 Å². The Balaban J connectivity index is 1.54. The van der Waals surface area contributed by atoms with E-state index in [1.165, 1.54) is 11.3 Å². The van der Waals surface area contributed by atoms with Gasteiger partial charge in [-0.3, -0.25) is 4.79 Å². The number of rotatable bonds is 5. The summed E-state index contributed by atoms with van der Waals surface area (Å²) in [7, 11) is 0. The number of nitrogens with one attached hydrogen (secondary N) is 1. The predicted octanol–water partition coefficient (Wildman–Crippen LogP) is 3.58. The van der Waals surface area contributed by atoms with Crippen LogP contribution in [0.3, 0.4) is 0 Å². The first kappa shape index (κ1) is 19.2. The molecule has 1 saturated heterocycles. The van der Waals surface area contributed by atoms with Crippen molar-refractivity contribution < 1.29 is 9.59 Å². The molecule has 0 spiro atoms. The average Bonchev–Trinajstić information content (AvgIpc) is 3.24. The number of hydrogen-bond donors (Lipinski definition) is 1. The largest absolute Gasteiger partial charge is 0.368 e. The molecule has 2 heterocycles. The zero-order valence-electron chi connectivity index (χ0n) is 15.9. The third-order valence-corrected chi connectivity index (χ3v) is 5.69. The van der Waals surface area contributed by atoms with Crippen LogP contribution in [-0.4, -0.2) is 61.0 Å². The van der Waals surface area contributed by atoms with Crippen LogP contribution in [0.25, 0.3) is 0 Å². The smallest absolute Gasteiger partial charge is 0.321 e. The molecule has 3 amide bonds. The number of hydrogen-bond acceptors (Lipinski definition) is 4. The first-order valence-corrected chi connectivity index (χ1v) is 10.2. The van der Waals surface area contributed by atoms with E-state index in [-0.39, 0.29) is 11.9 Å². The van der Waals surface area contributed by atoms with Gasteiger partial charge in [0.1, 0.15) is 0 Å². The number of thiophene rings is 1. The van der Waals surface area contributed by atoms with Crippen molar-refractivity contribution in [3.8, 4) is 0 Å². The molecule has 0 saturated carbocycles. The summed E-state index contributed by atoms with van der Waals surface area (Å²) in [5, 5.41) is 4.86. The summed E-state index contributed by atoms with van der Waals surface area (Å²) in [5.41, 5.74) is 1.90. The van der Waals surface area contributed by atoms with E-state index in [2.05, 4.69) is 10.2 Å². The minimum absolute atomic E-state index is 0.0755. The second kappa shape index (κ2) is 8.90. The predicted molar refractivity (Wildman–Crippen MR) is 111 cm³/mol. The van der Waals surface area contributed by atoms with E-state index in [9.17, 15) is 9.59 Å². The molecule has 3 rings (SSSR count). The third kappa shape index (κ3) is 4.60. The SMILES string of the molecule is CCN(CC)C(=O)Nc1ccc(N2CCN(C(=O)c3cccs3)CC2)cc1. The van der Waals surface area contributed by atoms with Crippen LogP contribution in [0.15, 0.2) is 41.8 Å². The Morgan fingerprint density at radius 2 is 1.70 bits per heavy atom. The first-order chi connectivity index (χ1) is 13.1. The van der Waals surface area contributed by atoms with Crippen molar-refractivity contribution in [3.05, 3.63) is 46.7 Å². The van der Waals surface area contributed by atoms with Crippen molar-refractivity contribution in [2.75, 3.05) is 49.5 Å². The van der Waals surface area contributed by atoms with Crippen molar-refractivity contribution in [2.24, 2.45) is 0 Å². The lowest BCUT2D eigenvalue weighted by Crippen LogP contribution is -2.48. The van der Waals surface area contributed by atoms with Gasteiger partial charge in [0.25, 0.3) is 5.91 Å². The number of carbonyl (C=O) groups is 2. The van der Waals surface area contributed by atoms with Crippen LogP contribution in [-0.2, 0) is 0 Å². The van der Waals surface area contributed by atoms with Crippen LogP contribution in [0.5, 0.6) is 0 Å². The van der Waals surface area contributed by atoms with Gasteiger partial charge in [0, 0.05) is 50.6 Å². The Morgan fingerprint density at radius 3 is 2.26 bits per heavy atom. The highest BCUT2D eigenvalue weighted by molar-refractivity contribution is 7.12. The van der Waals surface area contributed by atoms with Gasteiger partial charge in [-0.05, 0) is 49.6 Å². The fourth-order valence-corrected chi connectivity index (χ4v) is 3.88. The molecule has 1 aliphatic heterocycles. The zero-order chi connectivity index (χ0) is 19.2. The fraction of sp³-hybridized carbons (Fsp3) is 0.400. The number of benzene rings is 1. The van der Waals surface area contributed by atoms with E-state index in [0.717, 1.165) is 42.4 Å². The molecule has 1 N–H and O–H groups in total. The van der Waals surface area contributed by atoms with Gasteiger partial charge in [-0.2, -0.15) is 0 Å². The highest BCUT2D eigenvalue weighted by Crippen LogP contribution is 2.21. The lowest BCUT2D eigenvalue weighted by Gasteiger charge is -2.36. The molecule has 0 aliphatic carbocycles. The summed E-state index contributed by atoms with van der Waals surface area (Å²) in [5.74, 6) is 0.124. The van der Waals surface area contributed by atoms with E-state index < -0.39 is 0 Å². The maximum Gasteiger partial charge on any atom is 0.321 e. The van der Waals surface area contributed by atoms with E-state index in [4.69, 9.17) is 0 Å². The summed E-state index contributed by atoms with van der Waals surface area (Å²) >= 11 is 1.49. The Bertz CT molecular complexity index is 749. The molecule has 144 valence electrons. The Kier molecular flexibility index (Phi) is 6.34. The Hall–Kier alpha value is -2.54. The molecular weight excluding hydrogens is 360 g/mol. The quantitative estimate of drug-likeness (QED) is 0.854. The van der Waals surface area contributed by atoms with E-state index in [1.54, 1.807) is 4.90 Å². The van der Waals surface area contributed by atoms with Gasteiger partial charge in [-0.25, -0.2) is 4.79 Å². The first-order valence-electron chi connectivity index (χ1n) is 9.36. The molecule has 6 nitrogen and oxygen atoms in total. The highest BCUT2D eigenvalue weighted by Gasteiger charge is 2.22. The van der Waals surface area contributed by atoms with Gasteiger partial charge >= 0.3 is 6.03 Å². The monoisotopic (exact) mass is 386 g/mol. The number of nitrogens with zero attached hydrogens (tertiary/aromatic N) is 3. The van der Waals surface area contributed by atoms with Crippen LogP contribution in [0, 0.1) is 0 Å². The molecule has 1 aromatic carbocycles. The summed E-state index contributed by atoms with van der Waals surface area (Å²) in [4.78, 5) is 31.3. The molecule has 1 aromatic heterocycles. The summed E-state index contributed by atoms with van der Waals surface area (Å²) < 4.78 is 0. The van der Waals surface area contributed by atoms with E-state index in [0.29, 0.717) is 13.1 Å². The molecule has 27 heavy (non-hydrogen) atoms. The number of urea groups is 1. The highest BCUT2D eigenvalue weighted by atomic mass is 32.1. The molecule has 1 fully saturated rings. The molecule has 2 aromatic rings. The fourth-order valence-electron chi connectivity index (χ4n) is 3.19. The molecule has 1 aliphatic rings. The van der Waals surface area contributed by atoms with E-state index in [1.807, 2.05) is 60.5 Å². The average molecular weight is 387 g/mol. The van der Waals surface area contributed by atoms with Crippen molar-refractivity contribution in [2.45, 2.75) is 13.8 Å². The number of carbonyl (C=O) groups excluding carboxylic acids is 2. The topological polar surface area (TPSA) is 55.9 Å². The Labute approximate surface area is 164 Å². The molecule has 0 atom stereocenters. The van der Waals surface area contributed by atoms with Crippen LogP contribution in [0.1, 0.15) is 23.5 Å². The van der Waals surface area contributed by atoms with Crippen LogP contribution in [0.4, 0.5) is 16.2 Å². The molecule has 0 bridgehead atoms. The number of amides is 3. The maximum atomic E-state index is 12.4. The Morgan fingerprint density at radius 1 is 1.04 bits per heavy atom. The van der Waals surface area contributed by atoms with E-state index >= 15 is 0 Å². The van der Waals surface area contributed by atoms with Gasteiger partial charge in [0.15, 0.2) is 0 Å². The van der Waals surface area contributed by atoms with Gasteiger partial charge in [-0.1, -0.05) is 6.07 Å². The lowest BCUT2D eigenvalue weighted by molar-refractivity contribution is 0.0751. The molecular formula is C20H26N4O2S. The van der Waals surface area contributed by atoms with Crippen LogP contribution in [0.2, 0.25) is 0 Å². The molecule has 7 heteroatoms. The van der Waals surface area contributed by atoms with Crippen molar-refractivity contribution in [3.63, 3.8) is 0 Å². The van der Waals surface area contributed by atoms with Gasteiger partial charge in [-0.15, -0.1) is 11.3 Å². The maximum absolute atomic E-state index is 12.4. The summed E-state index contributed by atoms with van der Waals surface area (Å²) in [6.07, 6.45) is 0. The van der Waals surface area contributed by atoms with Gasteiger partial charge < -0.3 is 20.0 Å². The molecule has 0 unspecified atom stereocenters. The van der Waals surface area contributed by atoms with Crippen LogP contribution < -0.4 is 10.2 Å². The zero-order valence-corrected chi connectivity index (χ0v) is 16.7. The van der Waals surface area contributed by atoms with Crippen molar-refractivity contribution in [1.29, 1.82) is 0 Å². The third-order valence-electron chi connectivity index (χ3n) is 4.83. The number of piperazine rings is 1. The number of anilines is 2. The standard InChI is InChI=1S/C20H26N4O2S/c1-3-22(4-2)20(26)21-16-7-9-17(10-8-16)23-11-13-24(14-12-23)19(25)18-6-5-15-27-18/h5-10,15H,3-4,11-14H2,1-2H3,(H,21,26). The van der Waals surface area contributed by atoms with Crippen molar-refractivity contribution >= 4 is 34.6 Å². The van der Waals surface area contributed by atoms with Gasteiger partial charge in [0.05, 0.1) is 4.88 Å². The normalized spacial score (nSPS) is 14.1. The molecule has 0 radical (unpaired) electrons. The van der Waals surface area contributed by atoms with Crippen LogP contribution >= 0.6 is 11.3 Å². The second-order valence-electron chi connectivity index (χ2n) is 6.41. The summed E-state index contributed by atoms with van der Waals surface area (Å²) in [6, 6.07) is 11.6. The van der Waals surface area contributed by atoms with Crippen molar-refractivity contribution in [1.82, 2.24) is 9.80 Å². The second-order valence-corrected chi connectivity index (χ2v) is 7.35.